The lowest BCUT2D eigenvalue weighted by molar-refractivity contribution is -0.107. The monoisotopic (exact) mass is 137 g/mol. The van der Waals surface area contributed by atoms with E-state index in [2.05, 4.69) is 4.98 Å². The zero-order valence-corrected chi connectivity index (χ0v) is 5.33. The summed E-state index contributed by atoms with van der Waals surface area (Å²) in [6.07, 6.45) is 3.80. The summed E-state index contributed by atoms with van der Waals surface area (Å²) in [5.74, 6) is -0.142. The molecule has 1 heterocycles. The third-order valence-electron chi connectivity index (χ3n) is 1.19. The van der Waals surface area contributed by atoms with Gasteiger partial charge in [-0.05, 0) is 6.07 Å². The van der Waals surface area contributed by atoms with Gasteiger partial charge in [0.05, 0.1) is 6.42 Å². The summed E-state index contributed by atoms with van der Waals surface area (Å²) < 4.78 is 0. The van der Waals surface area contributed by atoms with E-state index in [9.17, 15) is 9.59 Å². The largest absolute Gasteiger partial charge is 0.367 e. The lowest BCUT2D eigenvalue weighted by atomic mass is 10.2. The Labute approximate surface area is 58.1 Å². The number of aldehydes is 1. The Bertz CT molecular complexity index is 226. The molecule has 0 atom stereocenters. The number of ketones is 1. The van der Waals surface area contributed by atoms with Crippen LogP contribution >= 0.6 is 0 Å². The van der Waals surface area contributed by atoms with Gasteiger partial charge in [0.25, 0.3) is 0 Å². The number of rotatable bonds is 3. The first-order valence-electron chi connectivity index (χ1n) is 2.94. The average Bonchev–Trinajstić information content (AvgIpc) is 2.38. The summed E-state index contributed by atoms with van der Waals surface area (Å²) in [6.45, 7) is 0. The van der Waals surface area contributed by atoms with Crippen LogP contribution in [0.25, 0.3) is 0 Å². The van der Waals surface area contributed by atoms with Crippen LogP contribution in [0.1, 0.15) is 16.8 Å². The summed E-state index contributed by atoms with van der Waals surface area (Å²) in [4.78, 5) is 23.5. The molecule has 0 saturated carbocycles. The number of Topliss-reactive ketones (excluding diaryl/α,β-unsaturated/α-hetero) is 1. The third kappa shape index (κ3) is 1.31. The van der Waals surface area contributed by atoms with E-state index in [0.29, 0.717) is 11.8 Å². The topological polar surface area (TPSA) is 49.9 Å². The van der Waals surface area contributed by atoms with E-state index < -0.39 is 0 Å². The molecule has 0 aliphatic rings. The van der Waals surface area contributed by atoms with Crippen LogP contribution < -0.4 is 0 Å². The fraction of sp³-hybridized carbons (Fsp3) is 0.143. The number of aromatic nitrogens is 1. The fourth-order valence-corrected chi connectivity index (χ4v) is 0.691. The van der Waals surface area contributed by atoms with Gasteiger partial charge in [0.15, 0.2) is 5.78 Å². The van der Waals surface area contributed by atoms with Gasteiger partial charge in [-0.2, -0.15) is 0 Å². The summed E-state index contributed by atoms with van der Waals surface area (Å²) in [7, 11) is 0. The van der Waals surface area contributed by atoms with Crippen LogP contribution in [0.4, 0.5) is 0 Å². The van der Waals surface area contributed by atoms with E-state index in [-0.39, 0.29) is 12.2 Å². The van der Waals surface area contributed by atoms with Crippen molar-refractivity contribution in [1.82, 2.24) is 4.98 Å². The van der Waals surface area contributed by atoms with Gasteiger partial charge in [0, 0.05) is 18.0 Å². The summed E-state index contributed by atoms with van der Waals surface area (Å²) in [6, 6.07) is 1.64. The first-order chi connectivity index (χ1) is 4.84. The lowest BCUT2D eigenvalue weighted by Gasteiger charge is -1.86. The Balaban J connectivity index is 2.68. The molecule has 0 bridgehead atoms. The molecule has 0 unspecified atom stereocenters. The Kier molecular flexibility index (Phi) is 1.99. The number of carbonyl (C=O) groups is 2. The quantitative estimate of drug-likeness (QED) is 0.380. The van der Waals surface area contributed by atoms with E-state index in [0.717, 1.165) is 0 Å². The zero-order valence-electron chi connectivity index (χ0n) is 5.33. The molecular formula is C7H7NO2. The van der Waals surface area contributed by atoms with E-state index in [1.165, 1.54) is 0 Å². The minimum Gasteiger partial charge on any atom is -0.367 e. The van der Waals surface area contributed by atoms with Crippen LogP contribution in [0.2, 0.25) is 0 Å². The van der Waals surface area contributed by atoms with Gasteiger partial charge in [-0.25, -0.2) is 0 Å². The van der Waals surface area contributed by atoms with Crippen LogP contribution in [0.15, 0.2) is 18.5 Å². The van der Waals surface area contributed by atoms with Crippen LogP contribution in [0.5, 0.6) is 0 Å². The normalized spacial score (nSPS) is 9.20. The smallest absolute Gasteiger partial charge is 0.171 e. The number of hydrogen-bond acceptors (Lipinski definition) is 2. The highest BCUT2D eigenvalue weighted by Gasteiger charge is 2.02. The first-order valence-corrected chi connectivity index (χ1v) is 2.94. The minimum atomic E-state index is -0.142. The molecule has 0 radical (unpaired) electrons. The van der Waals surface area contributed by atoms with Crippen molar-refractivity contribution >= 4 is 12.1 Å². The minimum absolute atomic E-state index is 0.0299. The fourth-order valence-electron chi connectivity index (χ4n) is 0.691. The maximum absolute atomic E-state index is 10.9. The van der Waals surface area contributed by atoms with Crippen molar-refractivity contribution in [2.24, 2.45) is 0 Å². The molecule has 0 saturated heterocycles. The summed E-state index contributed by atoms with van der Waals surface area (Å²) in [5, 5.41) is 0. The molecule has 52 valence electrons. The van der Waals surface area contributed by atoms with Crippen LogP contribution in [-0.4, -0.2) is 17.1 Å². The van der Waals surface area contributed by atoms with Crippen LogP contribution in [0, 0.1) is 0 Å². The predicted octanol–water partition coefficient (Wildman–Crippen LogP) is 0.786. The molecule has 10 heavy (non-hydrogen) atoms. The highest BCUT2D eigenvalue weighted by molar-refractivity contribution is 6.02. The molecule has 0 aliphatic heterocycles. The molecular weight excluding hydrogens is 130 g/mol. The van der Waals surface area contributed by atoms with E-state index in [4.69, 9.17) is 0 Å². The van der Waals surface area contributed by atoms with Gasteiger partial charge >= 0.3 is 0 Å². The molecule has 1 aromatic rings. The number of hydrogen-bond donors (Lipinski definition) is 1. The molecule has 3 heteroatoms. The number of H-pyrrole nitrogens is 1. The predicted molar refractivity (Wildman–Crippen MR) is 35.8 cm³/mol. The second kappa shape index (κ2) is 2.96. The van der Waals surface area contributed by atoms with Crippen molar-refractivity contribution in [3.63, 3.8) is 0 Å². The van der Waals surface area contributed by atoms with Crippen molar-refractivity contribution in [2.75, 3.05) is 0 Å². The van der Waals surface area contributed by atoms with Gasteiger partial charge in [-0.3, -0.25) is 4.79 Å². The maximum Gasteiger partial charge on any atom is 0.171 e. The molecule has 0 aliphatic carbocycles. The van der Waals surface area contributed by atoms with Crippen LogP contribution in [0.3, 0.4) is 0 Å². The molecule has 1 N–H and O–H groups in total. The van der Waals surface area contributed by atoms with Gasteiger partial charge in [0.2, 0.25) is 0 Å². The van der Waals surface area contributed by atoms with Crippen molar-refractivity contribution in [3.05, 3.63) is 24.0 Å². The second-order valence-electron chi connectivity index (χ2n) is 1.89. The SMILES string of the molecule is O=CCC(=O)c1cc[nH]c1. The summed E-state index contributed by atoms with van der Waals surface area (Å²) in [5.41, 5.74) is 0.562. The van der Waals surface area contributed by atoms with Crippen molar-refractivity contribution in [1.29, 1.82) is 0 Å². The van der Waals surface area contributed by atoms with Gasteiger partial charge in [-0.1, -0.05) is 0 Å². The van der Waals surface area contributed by atoms with E-state index in [1.807, 2.05) is 0 Å². The molecule has 1 rings (SSSR count). The summed E-state index contributed by atoms with van der Waals surface area (Å²) >= 11 is 0. The Hall–Kier alpha value is -1.38. The number of aromatic amines is 1. The highest BCUT2D eigenvalue weighted by atomic mass is 16.1. The van der Waals surface area contributed by atoms with Gasteiger partial charge < -0.3 is 9.78 Å². The molecule has 0 fully saturated rings. The van der Waals surface area contributed by atoms with E-state index in [1.54, 1.807) is 18.5 Å². The van der Waals surface area contributed by atoms with Crippen LogP contribution in [-0.2, 0) is 4.79 Å². The Morgan fingerprint density at radius 2 is 2.50 bits per heavy atom. The zero-order chi connectivity index (χ0) is 7.40. The lowest BCUT2D eigenvalue weighted by Crippen LogP contribution is -1.96. The number of nitrogens with one attached hydrogen (secondary N) is 1. The molecule has 0 amide bonds. The van der Waals surface area contributed by atoms with Gasteiger partial charge in [-0.15, -0.1) is 0 Å². The van der Waals surface area contributed by atoms with E-state index >= 15 is 0 Å². The van der Waals surface area contributed by atoms with Crippen molar-refractivity contribution in [3.8, 4) is 0 Å². The first kappa shape index (κ1) is 6.74. The third-order valence-corrected chi connectivity index (χ3v) is 1.19. The van der Waals surface area contributed by atoms with Crippen molar-refractivity contribution in [2.45, 2.75) is 6.42 Å². The molecule has 0 spiro atoms. The number of carbonyl (C=O) groups excluding carboxylic acids is 2. The van der Waals surface area contributed by atoms with Crippen molar-refractivity contribution < 1.29 is 9.59 Å². The maximum atomic E-state index is 10.9. The molecule has 0 aromatic carbocycles. The average molecular weight is 137 g/mol. The molecule has 3 nitrogen and oxygen atoms in total. The second-order valence-corrected chi connectivity index (χ2v) is 1.89. The standard InChI is InChI=1S/C7H7NO2/c9-4-2-7(10)6-1-3-8-5-6/h1,3-5,8H,2H2. The Morgan fingerprint density at radius 3 is 3.00 bits per heavy atom. The highest BCUT2D eigenvalue weighted by Crippen LogP contribution is 1.99. The molecule has 1 aromatic heterocycles. The van der Waals surface area contributed by atoms with Gasteiger partial charge in [0.1, 0.15) is 6.29 Å². The Morgan fingerprint density at radius 1 is 1.70 bits per heavy atom.